The lowest BCUT2D eigenvalue weighted by Crippen LogP contribution is -2.18. The van der Waals surface area contributed by atoms with Crippen LogP contribution < -0.4 is 9.47 Å². The van der Waals surface area contributed by atoms with Gasteiger partial charge in [-0.25, -0.2) is 0 Å². The molecule has 0 aromatic heterocycles. The third-order valence-corrected chi connectivity index (χ3v) is 5.63. The predicted octanol–water partition coefficient (Wildman–Crippen LogP) is 4.17. The predicted molar refractivity (Wildman–Crippen MR) is 75.0 cm³/mol. The summed E-state index contributed by atoms with van der Waals surface area (Å²) in [5.41, 5.74) is 1.20. The Labute approximate surface area is 119 Å². The fourth-order valence-electron chi connectivity index (χ4n) is 4.13. The molecule has 2 nitrogen and oxygen atoms in total. The molecule has 1 heterocycles. The van der Waals surface area contributed by atoms with Gasteiger partial charge >= 0.3 is 0 Å². The molecule has 2 aliphatic carbocycles. The van der Waals surface area contributed by atoms with Crippen molar-refractivity contribution >= 4 is 11.6 Å². The first-order chi connectivity index (χ1) is 9.31. The van der Waals surface area contributed by atoms with E-state index in [0.717, 1.165) is 23.3 Å². The third-order valence-electron chi connectivity index (χ3n) is 5.05. The molecule has 4 atom stereocenters. The van der Waals surface area contributed by atoms with Crippen molar-refractivity contribution in [1.82, 2.24) is 0 Å². The second-order valence-corrected chi connectivity index (χ2v) is 6.61. The number of fused-ring (bicyclic) bond motifs is 3. The van der Waals surface area contributed by atoms with Crippen LogP contribution in [0.3, 0.4) is 0 Å². The highest BCUT2D eigenvalue weighted by atomic mass is 35.5. The van der Waals surface area contributed by atoms with Gasteiger partial charge in [0.05, 0.1) is 5.38 Å². The number of ether oxygens (including phenoxy) is 2. The van der Waals surface area contributed by atoms with E-state index in [1.807, 2.05) is 6.07 Å². The van der Waals surface area contributed by atoms with E-state index in [1.54, 1.807) is 0 Å². The van der Waals surface area contributed by atoms with Crippen LogP contribution in [0.5, 0.6) is 11.5 Å². The first-order valence-electron chi connectivity index (χ1n) is 7.35. The molecule has 4 rings (SSSR count). The normalized spacial score (nSPS) is 33.4. The minimum absolute atomic E-state index is 0.131. The number of halogens is 1. The SMILES string of the molecule is ClC(c1ccc2c(c1)OCCO2)C1CC2CCC1C2. The van der Waals surface area contributed by atoms with Crippen molar-refractivity contribution in [2.45, 2.75) is 31.1 Å². The zero-order chi connectivity index (χ0) is 12.8. The first kappa shape index (κ1) is 11.9. The molecular formula is C16H19ClO2. The Bertz CT molecular complexity index is 488. The van der Waals surface area contributed by atoms with Crippen LogP contribution in [0.15, 0.2) is 18.2 Å². The van der Waals surface area contributed by atoms with Gasteiger partial charge in [0.1, 0.15) is 13.2 Å². The molecule has 0 spiro atoms. The maximum Gasteiger partial charge on any atom is 0.161 e. The fourth-order valence-corrected chi connectivity index (χ4v) is 4.58. The van der Waals surface area contributed by atoms with Crippen LogP contribution in [0.25, 0.3) is 0 Å². The van der Waals surface area contributed by atoms with Gasteiger partial charge in [-0.1, -0.05) is 12.5 Å². The molecule has 1 aliphatic heterocycles. The Balaban J connectivity index is 1.58. The highest BCUT2D eigenvalue weighted by molar-refractivity contribution is 6.21. The van der Waals surface area contributed by atoms with Crippen LogP contribution in [0.2, 0.25) is 0 Å². The Kier molecular flexibility index (Phi) is 2.87. The summed E-state index contributed by atoms with van der Waals surface area (Å²) in [7, 11) is 0. The molecule has 4 unspecified atom stereocenters. The van der Waals surface area contributed by atoms with E-state index < -0.39 is 0 Å². The largest absolute Gasteiger partial charge is 0.486 e. The fraction of sp³-hybridized carbons (Fsp3) is 0.625. The lowest BCUT2D eigenvalue weighted by Gasteiger charge is -2.27. The average Bonchev–Trinajstić information content (AvgIpc) is 3.08. The lowest BCUT2D eigenvalue weighted by molar-refractivity contribution is 0.171. The number of rotatable bonds is 2. The summed E-state index contributed by atoms with van der Waals surface area (Å²) in [6.45, 7) is 1.28. The molecule has 0 radical (unpaired) electrons. The van der Waals surface area contributed by atoms with Gasteiger partial charge in [-0.2, -0.15) is 0 Å². The Morgan fingerprint density at radius 2 is 1.89 bits per heavy atom. The van der Waals surface area contributed by atoms with Crippen LogP contribution >= 0.6 is 11.6 Å². The molecule has 1 aromatic carbocycles. The average molecular weight is 279 g/mol. The van der Waals surface area contributed by atoms with Crippen molar-refractivity contribution in [2.75, 3.05) is 13.2 Å². The lowest BCUT2D eigenvalue weighted by atomic mass is 9.84. The highest BCUT2D eigenvalue weighted by Gasteiger charge is 2.43. The van der Waals surface area contributed by atoms with Crippen LogP contribution in [-0.2, 0) is 0 Å². The third kappa shape index (κ3) is 2.01. The Morgan fingerprint density at radius 3 is 2.63 bits per heavy atom. The summed E-state index contributed by atoms with van der Waals surface area (Å²) in [6.07, 6.45) is 5.51. The molecule has 0 saturated heterocycles. The molecule has 2 saturated carbocycles. The smallest absolute Gasteiger partial charge is 0.161 e. The number of hydrogen-bond acceptors (Lipinski definition) is 2. The topological polar surface area (TPSA) is 18.5 Å². The molecule has 0 N–H and O–H groups in total. The summed E-state index contributed by atoms with van der Waals surface area (Å²) in [5.74, 6) is 4.15. The van der Waals surface area contributed by atoms with Crippen molar-refractivity contribution in [3.8, 4) is 11.5 Å². The molecule has 0 amide bonds. The van der Waals surface area contributed by atoms with Crippen LogP contribution in [0.4, 0.5) is 0 Å². The van der Waals surface area contributed by atoms with Gasteiger partial charge in [0.2, 0.25) is 0 Å². The number of hydrogen-bond donors (Lipinski definition) is 0. The van der Waals surface area contributed by atoms with Crippen molar-refractivity contribution in [3.63, 3.8) is 0 Å². The zero-order valence-corrected chi connectivity index (χ0v) is 11.7. The summed E-state index contributed by atoms with van der Waals surface area (Å²) < 4.78 is 11.2. The van der Waals surface area contributed by atoms with E-state index in [0.29, 0.717) is 19.1 Å². The molecule has 3 aliphatic rings. The number of alkyl halides is 1. The number of benzene rings is 1. The summed E-state index contributed by atoms with van der Waals surface area (Å²) in [4.78, 5) is 0. The van der Waals surface area contributed by atoms with E-state index in [1.165, 1.54) is 31.2 Å². The van der Waals surface area contributed by atoms with E-state index in [4.69, 9.17) is 21.1 Å². The van der Waals surface area contributed by atoms with Crippen LogP contribution in [-0.4, -0.2) is 13.2 Å². The van der Waals surface area contributed by atoms with Gasteiger partial charge in [0.25, 0.3) is 0 Å². The van der Waals surface area contributed by atoms with Crippen LogP contribution in [0.1, 0.15) is 36.6 Å². The molecular weight excluding hydrogens is 260 g/mol. The zero-order valence-electron chi connectivity index (χ0n) is 11.0. The molecule has 1 aromatic rings. The second-order valence-electron chi connectivity index (χ2n) is 6.14. The van der Waals surface area contributed by atoms with Gasteiger partial charge in [0, 0.05) is 0 Å². The maximum absolute atomic E-state index is 6.75. The van der Waals surface area contributed by atoms with E-state index in [2.05, 4.69) is 12.1 Å². The maximum atomic E-state index is 6.75. The minimum atomic E-state index is 0.131. The molecule has 19 heavy (non-hydrogen) atoms. The second kappa shape index (κ2) is 4.59. The van der Waals surface area contributed by atoms with E-state index in [-0.39, 0.29) is 5.38 Å². The standard InChI is InChI=1S/C16H19ClO2/c17-16(13-8-10-1-2-11(13)7-10)12-3-4-14-15(9-12)19-6-5-18-14/h3-4,9-11,13,16H,1-2,5-8H2. The van der Waals surface area contributed by atoms with Gasteiger partial charge < -0.3 is 9.47 Å². The highest BCUT2D eigenvalue weighted by Crippen LogP contribution is 2.54. The summed E-state index contributed by atoms with van der Waals surface area (Å²) in [5, 5.41) is 0.131. The van der Waals surface area contributed by atoms with Crippen molar-refractivity contribution < 1.29 is 9.47 Å². The van der Waals surface area contributed by atoms with Crippen molar-refractivity contribution in [3.05, 3.63) is 23.8 Å². The van der Waals surface area contributed by atoms with Crippen molar-refractivity contribution in [1.29, 1.82) is 0 Å². The van der Waals surface area contributed by atoms with E-state index >= 15 is 0 Å². The van der Waals surface area contributed by atoms with Gasteiger partial charge in [-0.15, -0.1) is 11.6 Å². The Hall–Kier alpha value is -0.890. The monoisotopic (exact) mass is 278 g/mol. The minimum Gasteiger partial charge on any atom is -0.486 e. The quantitative estimate of drug-likeness (QED) is 0.756. The van der Waals surface area contributed by atoms with E-state index in [9.17, 15) is 0 Å². The molecule has 2 bridgehead atoms. The first-order valence-corrected chi connectivity index (χ1v) is 7.78. The summed E-state index contributed by atoms with van der Waals surface area (Å²) in [6, 6.07) is 6.20. The van der Waals surface area contributed by atoms with Gasteiger partial charge in [-0.05, 0) is 54.7 Å². The molecule has 2 fully saturated rings. The summed E-state index contributed by atoms with van der Waals surface area (Å²) >= 11 is 6.75. The van der Waals surface area contributed by atoms with Crippen molar-refractivity contribution in [2.24, 2.45) is 17.8 Å². The van der Waals surface area contributed by atoms with Gasteiger partial charge in [-0.3, -0.25) is 0 Å². The molecule has 3 heteroatoms. The molecule has 102 valence electrons. The van der Waals surface area contributed by atoms with Crippen LogP contribution in [0, 0.1) is 17.8 Å². The van der Waals surface area contributed by atoms with Gasteiger partial charge in [0.15, 0.2) is 11.5 Å². The Morgan fingerprint density at radius 1 is 1.05 bits per heavy atom.